The fourth-order valence-electron chi connectivity index (χ4n) is 6.85. The summed E-state index contributed by atoms with van der Waals surface area (Å²) in [6.45, 7) is 15.6. The summed E-state index contributed by atoms with van der Waals surface area (Å²) in [5.74, 6) is -3.10. The molecule has 4 aromatic carbocycles. The van der Waals surface area contributed by atoms with E-state index in [1.165, 1.54) is 24.4 Å². The van der Waals surface area contributed by atoms with E-state index in [-0.39, 0.29) is 48.1 Å². The highest BCUT2D eigenvalue weighted by Gasteiger charge is 2.40. The summed E-state index contributed by atoms with van der Waals surface area (Å²) in [4.78, 5) is 55.8. The number of benzene rings is 4. The van der Waals surface area contributed by atoms with Gasteiger partial charge in [-0.25, -0.2) is 13.6 Å². The zero-order chi connectivity index (χ0) is 45.3. The third-order valence-corrected chi connectivity index (χ3v) is 15.6. The Kier molecular flexibility index (Phi) is 15.1. The van der Waals surface area contributed by atoms with Crippen molar-refractivity contribution in [2.75, 3.05) is 11.9 Å². The van der Waals surface area contributed by atoms with Gasteiger partial charge in [0.25, 0.3) is 5.56 Å². The van der Waals surface area contributed by atoms with Gasteiger partial charge in [0, 0.05) is 19.0 Å². The second-order valence-electron chi connectivity index (χ2n) is 17.9. The summed E-state index contributed by atoms with van der Waals surface area (Å²) >= 11 is 0. The van der Waals surface area contributed by atoms with Crippen LogP contribution in [0.1, 0.15) is 82.7 Å². The Hall–Kier alpha value is -5.92. The number of hydrogen-bond acceptors (Lipinski definition) is 6. The van der Waals surface area contributed by atoms with Crippen molar-refractivity contribution in [2.45, 2.75) is 102 Å². The molecule has 1 heterocycles. The molecule has 0 saturated carbocycles. The summed E-state index contributed by atoms with van der Waals surface area (Å²) in [7, 11) is -2.39. The lowest BCUT2D eigenvalue weighted by molar-refractivity contribution is -0.126. The zero-order valence-electron chi connectivity index (χ0n) is 36.8. The second-order valence-corrected chi connectivity index (χ2v) is 22.8. The summed E-state index contributed by atoms with van der Waals surface area (Å²) in [5, 5.41) is 8.72. The molecule has 328 valence electrons. The van der Waals surface area contributed by atoms with Crippen molar-refractivity contribution in [1.29, 1.82) is 0 Å². The Bertz CT molecular complexity index is 2270. The lowest BCUT2D eigenvalue weighted by atomic mass is 9.77. The molecule has 13 heteroatoms. The van der Waals surface area contributed by atoms with Crippen LogP contribution in [0.4, 0.5) is 19.3 Å². The Morgan fingerprint density at radius 2 is 1.29 bits per heavy atom. The molecular formula is C49H58F2N4O6Si. The first kappa shape index (κ1) is 47.1. The van der Waals surface area contributed by atoms with Gasteiger partial charge in [0.15, 0.2) is 20.0 Å². The zero-order valence-corrected chi connectivity index (χ0v) is 37.8. The average molecular weight is 865 g/mol. The van der Waals surface area contributed by atoms with Crippen LogP contribution >= 0.6 is 0 Å². The van der Waals surface area contributed by atoms with Crippen molar-refractivity contribution in [3.63, 3.8) is 0 Å². The number of nitrogens with one attached hydrogen (secondary N) is 3. The maximum absolute atomic E-state index is 14.6. The Balaban J connectivity index is 1.50. The number of carbonyl (C=O) groups is 3. The van der Waals surface area contributed by atoms with Crippen LogP contribution in [-0.4, -0.2) is 49.0 Å². The smallest absolute Gasteiger partial charge is 0.412 e. The minimum atomic E-state index is -2.39. The van der Waals surface area contributed by atoms with Crippen LogP contribution in [-0.2, 0) is 30.7 Å². The van der Waals surface area contributed by atoms with Gasteiger partial charge in [0.2, 0.25) is 11.8 Å². The summed E-state index contributed by atoms with van der Waals surface area (Å²) in [6.07, 6.45) is 0.419. The highest BCUT2D eigenvalue weighted by Crippen LogP contribution is 2.38. The van der Waals surface area contributed by atoms with Crippen LogP contribution < -0.4 is 21.5 Å². The number of amides is 3. The van der Waals surface area contributed by atoms with E-state index < -0.39 is 60.7 Å². The molecule has 3 N–H and O–H groups in total. The molecule has 0 saturated heterocycles. The topological polar surface area (TPSA) is 128 Å². The number of pyridine rings is 1. The average Bonchev–Trinajstić information content (AvgIpc) is 3.22. The number of anilines is 1. The van der Waals surface area contributed by atoms with E-state index in [0.29, 0.717) is 0 Å². The predicted octanol–water partition coefficient (Wildman–Crippen LogP) is 9.65. The standard InChI is InChI=1S/C49H58F2N4O6Si/c1-47(2,3)61-46(59)53-41-25-18-30-55(45(41)58)42(32-34-26-28-39(50)40(51)31-34)44(57)52-38(33-60-62(7,8)48(4,5)6)27-29-43(56)54-49(35-19-12-9-13-20-35,36-21-14-10-15-22-36)37-23-16-11-17-24-37/h9-26,28,30-31,38,42H,27,29,32-33H2,1-8H3,(H,52,57)(H,53,59)(H,54,56)/t38-,42-/m0/s1. The fraction of sp³-hybridized carbons (Fsp3) is 0.347. The van der Waals surface area contributed by atoms with E-state index >= 15 is 0 Å². The summed E-state index contributed by atoms with van der Waals surface area (Å²) in [6, 6.07) is 33.3. The molecule has 0 aliphatic rings. The van der Waals surface area contributed by atoms with Crippen molar-refractivity contribution in [3.05, 3.63) is 172 Å². The van der Waals surface area contributed by atoms with Gasteiger partial charge >= 0.3 is 6.09 Å². The molecule has 5 rings (SSSR count). The number of halogens is 2. The second kappa shape index (κ2) is 19.9. The third-order valence-electron chi connectivity index (χ3n) is 11.1. The maximum Gasteiger partial charge on any atom is 0.412 e. The highest BCUT2D eigenvalue weighted by atomic mass is 28.4. The number of nitrogens with zero attached hydrogens (tertiary/aromatic N) is 1. The van der Waals surface area contributed by atoms with Gasteiger partial charge in [-0.2, -0.15) is 0 Å². The molecule has 10 nitrogen and oxygen atoms in total. The van der Waals surface area contributed by atoms with Gasteiger partial charge in [-0.3, -0.25) is 19.7 Å². The molecule has 0 aliphatic heterocycles. The predicted molar refractivity (Wildman–Crippen MR) is 241 cm³/mol. The van der Waals surface area contributed by atoms with Crippen molar-refractivity contribution in [2.24, 2.45) is 0 Å². The SMILES string of the molecule is CC(C)(C)OC(=O)Nc1cccn([C@@H](Cc2ccc(F)c(F)c2)C(=O)N[C@@H](CCC(=O)NC(c2ccccc2)(c2ccccc2)c2ccccc2)CO[Si](C)(C)C(C)(C)C)c1=O. The van der Waals surface area contributed by atoms with Crippen molar-refractivity contribution >= 4 is 31.9 Å². The Morgan fingerprint density at radius 1 is 0.742 bits per heavy atom. The van der Waals surface area contributed by atoms with Crippen LogP contribution in [0.3, 0.4) is 0 Å². The van der Waals surface area contributed by atoms with Gasteiger partial charge in [0.1, 0.15) is 22.9 Å². The quantitative estimate of drug-likeness (QED) is 0.0670. The van der Waals surface area contributed by atoms with Gasteiger partial charge in [-0.05, 0) is 91.8 Å². The molecule has 0 radical (unpaired) electrons. The Morgan fingerprint density at radius 3 is 1.79 bits per heavy atom. The Labute approximate surface area is 364 Å². The molecule has 5 aromatic rings. The van der Waals surface area contributed by atoms with E-state index in [9.17, 15) is 28.0 Å². The van der Waals surface area contributed by atoms with Crippen LogP contribution in [0.5, 0.6) is 0 Å². The van der Waals surface area contributed by atoms with Crippen molar-refractivity contribution in [1.82, 2.24) is 15.2 Å². The largest absolute Gasteiger partial charge is 0.444 e. The van der Waals surface area contributed by atoms with Gasteiger partial charge in [-0.1, -0.05) is 118 Å². The van der Waals surface area contributed by atoms with Crippen LogP contribution in [0.15, 0.2) is 132 Å². The van der Waals surface area contributed by atoms with E-state index in [4.69, 9.17) is 9.16 Å². The normalized spacial score (nSPS) is 13.1. The first-order chi connectivity index (χ1) is 29.2. The first-order valence-electron chi connectivity index (χ1n) is 20.8. The molecule has 0 bridgehead atoms. The van der Waals surface area contributed by atoms with Gasteiger partial charge in [0.05, 0.1) is 12.6 Å². The molecule has 0 fully saturated rings. The van der Waals surface area contributed by atoms with Crippen LogP contribution in [0.2, 0.25) is 18.1 Å². The fourth-order valence-corrected chi connectivity index (χ4v) is 7.90. The number of hydrogen-bond donors (Lipinski definition) is 3. The van der Waals surface area contributed by atoms with Crippen molar-refractivity contribution in [3.8, 4) is 0 Å². The lowest BCUT2D eigenvalue weighted by Crippen LogP contribution is -2.50. The third kappa shape index (κ3) is 11.9. The van der Waals surface area contributed by atoms with Crippen molar-refractivity contribution < 1.29 is 32.3 Å². The molecule has 0 unspecified atom stereocenters. The van der Waals surface area contributed by atoms with Gasteiger partial charge < -0.3 is 24.4 Å². The van der Waals surface area contributed by atoms with E-state index in [0.717, 1.165) is 33.4 Å². The van der Waals surface area contributed by atoms with E-state index in [1.54, 1.807) is 20.8 Å². The molecular weight excluding hydrogens is 807 g/mol. The number of carbonyl (C=O) groups excluding carboxylic acids is 3. The first-order valence-corrected chi connectivity index (χ1v) is 23.7. The maximum atomic E-state index is 14.6. The number of ether oxygens (including phenoxy) is 1. The molecule has 1 aromatic heterocycles. The monoisotopic (exact) mass is 864 g/mol. The molecule has 3 amide bonds. The van der Waals surface area contributed by atoms with E-state index in [2.05, 4.69) is 49.8 Å². The highest BCUT2D eigenvalue weighted by molar-refractivity contribution is 6.74. The summed E-state index contributed by atoms with van der Waals surface area (Å²) < 4.78 is 41.7. The molecule has 2 atom stereocenters. The van der Waals surface area contributed by atoms with E-state index in [1.807, 2.05) is 91.0 Å². The minimum Gasteiger partial charge on any atom is -0.444 e. The summed E-state index contributed by atoms with van der Waals surface area (Å²) in [5.41, 5.74) is 0.00649. The molecule has 0 aliphatic carbocycles. The number of rotatable bonds is 16. The number of aromatic nitrogens is 1. The van der Waals surface area contributed by atoms with Gasteiger partial charge in [-0.15, -0.1) is 0 Å². The lowest BCUT2D eigenvalue weighted by Gasteiger charge is -2.38. The van der Waals surface area contributed by atoms with Crippen LogP contribution in [0.25, 0.3) is 0 Å². The molecule has 62 heavy (non-hydrogen) atoms. The van der Waals surface area contributed by atoms with Crippen LogP contribution in [0, 0.1) is 11.6 Å². The molecule has 0 spiro atoms. The minimum absolute atomic E-state index is 0.0247.